The predicted molar refractivity (Wildman–Crippen MR) is 104 cm³/mol. The third-order valence-corrected chi connectivity index (χ3v) is 5.83. The number of aromatic nitrogens is 1. The van der Waals surface area contributed by atoms with Gasteiger partial charge in [-0.15, -0.1) is 0 Å². The fraction of sp³-hybridized carbons (Fsp3) is 0.455. The molecule has 0 aliphatic carbocycles. The van der Waals surface area contributed by atoms with Gasteiger partial charge >= 0.3 is 6.18 Å². The molecular formula is C22H24F3N3O. The molecule has 154 valence electrons. The molecule has 2 aliphatic rings. The molecule has 0 unspecified atom stereocenters. The average Bonchev–Trinajstić information content (AvgIpc) is 2.73. The molecule has 4 rings (SSSR count). The first-order valence-electron chi connectivity index (χ1n) is 10.0. The highest BCUT2D eigenvalue weighted by Crippen LogP contribution is 2.31. The Bertz CT molecular complexity index is 897. The van der Waals surface area contributed by atoms with Gasteiger partial charge < -0.3 is 5.32 Å². The molecule has 1 N–H and O–H groups in total. The van der Waals surface area contributed by atoms with Crippen LogP contribution in [-0.4, -0.2) is 41.8 Å². The second kappa shape index (κ2) is 8.24. The predicted octanol–water partition coefficient (Wildman–Crippen LogP) is 3.81. The molecule has 1 aromatic heterocycles. The summed E-state index contributed by atoms with van der Waals surface area (Å²) < 4.78 is 38.3. The minimum Gasteiger partial charge on any atom is -0.314 e. The minimum absolute atomic E-state index is 0.0719. The Morgan fingerprint density at radius 1 is 1.21 bits per heavy atom. The molecule has 0 saturated carbocycles. The van der Waals surface area contributed by atoms with Crippen molar-refractivity contribution in [2.24, 2.45) is 0 Å². The van der Waals surface area contributed by atoms with E-state index >= 15 is 0 Å². The first kappa shape index (κ1) is 20.0. The number of fused-ring (bicyclic) bond motifs is 3. The summed E-state index contributed by atoms with van der Waals surface area (Å²) in [4.78, 5) is 18.1. The molecule has 0 radical (unpaired) electrons. The molecule has 1 atom stereocenters. The number of nitrogens with zero attached hydrogens (tertiary/aromatic N) is 2. The molecule has 1 saturated heterocycles. The fourth-order valence-corrected chi connectivity index (χ4v) is 4.30. The molecule has 7 heteroatoms. The van der Waals surface area contributed by atoms with Crippen LogP contribution in [0.1, 0.15) is 51.6 Å². The first-order chi connectivity index (χ1) is 13.9. The lowest BCUT2D eigenvalue weighted by molar-refractivity contribution is -0.141. The van der Waals surface area contributed by atoms with Crippen molar-refractivity contribution in [3.63, 3.8) is 0 Å². The van der Waals surface area contributed by atoms with Crippen LogP contribution in [0.2, 0.25) is 0 Å². The van der Waals surface area contributed by atoms with Crippen LogP contribution in [0.3, 0.4) is 0 Å². The van der Waals surface area contributed by atoms with Crippen molar-refractivity contribution in [1.82, 2.24) is 15.2 Å². The Morgan fingerprint density at radius 3 is 2.90 bits per heavy atom. The summed E-state index contributed by atoms with van der Waals surface area (Å²) in [6.07, 6.45) is -0.887. The van der Waals surface area contributed by atoms with Gasteiger partial charge in [-0.05, 0) is 48.1 Å². The number of piperazine rings is 1. The third-order valence-electron chi connectivity index (χ3n) is 5.83. The Hall–Kier alpha value is -2.25. The number of Topliss-reactive ketones (excluding diaryl/α,β-unsaturated/α-hetero) is 1. The van der Waals surface area contributed by atoms with E-state index in [9.17, 15) is 18.0 Å². The topological polar surface area (TPSA) is 45.2 Å². The zero-order chi connectivity index (χ0) is 20.4. The quantitative estimate of drug-likeness (QED) is 0.772. The number of halogens is 3. The summed E-state index contributed by atoms with van der Waals surface area (Å²) in [7, 11) is 0. The van der Waals surface area contributed by atoms with E-state index in [1.165, 1.54) is 22.8 Å². The van der Waals surface area contributed by atoms with Gasteiger partial charge in [-0.2, -0.15) is 13.2 Å². The number of alkyl halides is 3. The number of nitrogens with one attached hydrogen (secondary N) is 1. The standard InChI is InChI=1S/C22H24F3N3O/c23-22(24,25)21-13-17(6-8-27-21)20(29)3-1-2-15-4-5-18-16(12-15)7-10-28-11-9-26-14-19(18)28/h4-6,8,12-13,19,26H,1-3,7,9-11,14H2/t19-/m1/s1. The summed E-state index contributed by atoms with van der Waals surface area (Å²) >= 11 is 0. The minimum atomic E-state index is -4.54. The van der Waals surface area contributed by atoms with Crippen LogP contribution in [-0.2, 0) is 19.0 Å². The van der Waals surface area contributed by atoms with Gasteiger partial charge in [-0.1, -0.05) is 18.2 Å². The molecule has 3 heterocycles. The lowest BCUT2D eigenvalue weighted by Gasteiger charge is -2.41. The van der Waals surface area contributed by atoms with E-state index in [1.54, 1.807) is 0 Å². The number of rotatable bonds is 5. The number of hydrogen-bond acceptors (Lipinski definition) is 4. The molecule has 29 heavy (non-hydrogen) atoms. The highest BCUT2D eigenvalue weighted by Gasteiger charge is 2.33. The van der Waals surface area contributed by atoms with Crippen LogP contribution in [0.4, 0.5) is 13.2 Å². The fourth-order valence-electron chi connectivity index (χ4n) is 4.30. The molecule has 1 aromatic carbocycles. The molecule has 0 spiro atoms. The molecule has 4 nitrogen and oxygen atoms in total. The van der Waals surface area contributed by atoms with Gasteiger partial charge in [0.2, 0.25) is 0 Å². The maximum atomic E-state index is 12.8. The van der Waals surface area contributed by atoms with E-state index in [2.05, 4.69) is 33.4 Å². The molecule has 0 amide bonds. The monoisotopic (exact) mass is 403 g/mol. The van der Waals surface area contributed by atoms with E-state index in [1.807, 2.05) is 0 Å². The summed E-state index contributed by atoms with van der Waals surface area (Å²) in [5.74, 6) is -0.278. The van der Waals surface area contributed by atoms with Crippen molar-refractivity contribution in [3.8, 4) is 0 Å². The van der Waals surface area contributed by atoms with Crippen LogP contribution >= 0.6 is 0 Å². The lowest BCUT2D eigenvalue weighted by Crippen LogP contribution is -2.48. The average molecular weight is 403 g/mol. The number of aryl methyl sites for hydroxylation is 1. The van der Waals surface area contributed by atoms with Crippen molar-refractivity contribution in [2.75, 3.05) is 26.2 Å². The van der Waals surface area contributed by atoms with Gasteiger partial charge in [0.25, 0.3) is 0 Å². The summed E-state index contributed by atoms with van der Waals surface area (Å²) in [6.45, 7) is 4.18. The van der Waals surface area contributed by atoms with E-state index in [0.717, 1.165) is 51.3 Å². The zero-order valence-electron chi connectivity index (χ0n) is 16.1. The number of pyridine rings is 1. The normalized spacial score (nSPS) is 19.5. The van der Waals surface area contributed by atoms with Crippen molar-refractivity contribution >= 4 is 5.78 Å². The van der Waals surface area contributed by atoms with Crippen molar-refractivity contribution in [3.05, 3.63) is 64.5 Å². The van der Waals surface area contributed by atoms with Gasteiger partial charge in [0, 0.05) is 50.4 Å². The van der Waals surface area contributed by atoms with E-state index in [-0.39, 0.29) is 17.8 Å². The number of benzene rings is 1. The number of ketones is 1. The number of carbonyl (C=O) groups excluding carboxylic acids is 1. The SMILES string of the molecule is O=C(CCCc1ccc2c(c1)CCN1CCNC[C@H]21)c1ccnc(C(F)(F)F)c1. The van der Waals surface area contributed by atoms with Crippen molar-refractivity contribution < 1.29 is 18.0 Å². The van der Waals surface area contributed by atoms with Crippen molar-refractivity contribution in [2.45, 2.75) is 37.9 Å². The third kappa shape index (κ3) is 4.51. The zero-order valence-corrected chi connectivity index (χ0v) is 16.1. The van der Waals surface area contributed by atoms with Gasteiger partial charge in [0.15, 0.2) is 5.78 Å². The van der Waals surface area contributed by atoms with E-state index < -0.39 is 11.9 Å². The van der Waals surface area contributed by atoms with Crippen molar-refractivity contribution in [1.29, 1.82) is 0 Å². The maximum absolute atomic E-state index is 12.8. The molecule has 0 bridgehead atoms. The second-order valence-electron chi connectivity index (χ2n) is 7.74. The summed E-state index contributed by atoms with van der Waals surface area (Å²) in [5.41, 5.74) is 2.99. The van der Waals surface area contributed by atoms with Gasteiger partial charge in [-0.25, -0.2) is 0 Å². The largest absolute Gasteiger partial charge is 0.433 e. The molecule has 1 fully saturated rings. The summed E-state index contributed by atoms with van der Waals surface area (Å²) in [5, 5.41) is 3.46. The van der Waals surface area contributed by atoms with Gasteiger partial charge in [0.1, 0.15) is 5.69 Å². The molecular weight excluding hydrogens is 379 g/mol. The Labute approximate surface area is 168 Å². The smallest absolute Gasteiger partial charge is 0.314 e. The second-order valence-corrected chi connectivity index (χ2v) is 7.74. The van der Waals surface area contributed by atoms with Gasteiger partial charge in [0.05, 0.1) is 0 Å². The van der Waals surface area contributed by atoms with Gasteiger partial charge in [-0.3, -0.25) is 14.7 Å². The highest BCUT2D eigenvalue weighted by molar-refractivity contribution is 5.96. The first-order valence-corrected chi connectivity index (χ1v) is 10.0. The highest BCUT2D eigenvalue weighted by atomic mass is 19.4. The van der Waals surface area contributed by atoms with Crippen LogP contribution in [0.5, 0.6) is 0 Å². The lowest BCUT2D eigenvalue weighted by atomic mass is 9.89. The Kier molecular flexibility index (Phi) is 5.69. The Balaban J connectivity index is 1.36. The van der Waals surface area contributed by atoms with Crippen LogP contribution in [0.15, 0.2) is 36.5 Å². The van der Waals surface area contributed by atoms with Crippen LogP contribution in [0.25, 0.3) is 0 Å². The number of hydrogen-bond donors (Lipinski definition) is 1. The number of carbonyl (C=O) groups is 1. The maximum Gasteiger partial charge on any atom is 0.433 e. The molecule has 2 aliphatic heterocycles. The Morgan fingerprint density at radius 2 is 2.07 bits per heavy atom. The van der Waals surface area contributed by atoms with Crippen LogP contribution < -0.4 is 5.32 Å². The van der Waals surface area contributed by atoms with E-state index in [0.29, 0.717) is 12.5 Å². The molecule has 2 aromatic rings. The van der Waals surface area contributed by atoms with E-state index in [4.69, 9.17) is 0 Å². The van der Waals surface area contributed by atoms with Crippen LogP contribution in [0, 0.1) is 0 Å². The summed E-state index contributed by atoms with van der Waals surface area (Å²) in [6, 6.07) is 9.19.